The van der Waals surface area contributed by atoms with Crippen molar-refractivity contribution in [2.75, 3.05) is 6.54 Å². The van der Waals surface area contributed by atoms with Crippen molar-refractivity contribution in [2.45, 2.75) is 46.8 Å². The van der Waals surface area contributed by atoms with Crippen LogP contribution in [-0.4, -0.2) is 17.6 Å². The minimum atomic E-state index is 0.216. The lowest BCUT2D eigenvalue weighted by Gasteiger charge is -2.15. The van der Waals surface area contributed by atoms with Gasteiger partial charge in [0.05, 0.1) is 6.10 Å². The largest absolute Gasteiger partial charge is 0.474 e. The quantitative estimate of drug-likeness (QED) is 0.790. The first-order valence-corrected chi connectivity index (χ1v) is 6.44. The van der Waals surface area contributed by atoms with Gasteiger partial charge in [0.2, 0.25) is 5.88 Å². The lowest BCUT2D eigenvalue weighted by Crippen LogP contribution is -2.20. The Balaban J connectivity index is 2.57. The van der Waals surface area contributed by atoms with Crippen molar-refractivity contribution < 1.29 is 4.74 Å². The van der Waals surface area contributed by atoms with E-state index in [0.29, 0.717) is 5.92 Å². The molecule has 1 heterocycles. The van der Waals surface area contributed by atoms with Crippen LogP contribution >= 0.6 is 0 Å². The highest BCUT2D eigenvalue weighted by Gasteiger charge is 2.07. The summed E-state index contributed by atoms with van der Waals surface area (Å²) in [5.41, 5.74) is 1.13. The Morgan fingerprint density at radius 3 is 2.76 bits per heavy atom. The Hall–Kier alpha value is -1.09. The molecule has 0 radical (unpaired) electrons. The van der Waals surface area contributed by atoms with Gasteiger partial charge in [-0.15, -0.1) is 0 Å². The maximum absolute atomic E-state index is 5.80. The average Bonchev–Trinajstić information content (AvgIpc) is 2.30. The van der Waals surface area contributed by atoms with E-state index >= 15 is 0 Å². The van der Waals surface area contributed by atoms with Gasteiger partial charge in [0.15, 0.2) is 0 Å². The zero-order valence-electron chi connectivity index (χ0n) is 11.4. The summed E-state index contributed by atoms with van der Waals surface area (Å²) in [6.07, 6.45) is 2.99. The molecule has 0 aromatic carbocycles. The van der Waals surface area contributed by atoms with Crippen LogP contribution in [0.1, 0.15) is 39.7 Å². The van der Waals surface area contributed by atoms with E-state index in [2.05, 4.69) is 44.1 Å². The van der Waals surface area contributed by atoms with Gasteiger partial charge in [-0.2, -0.15) is 0 Å². The van der Waals surface area contributed by atoms with Crippen molar-refractivity contribution in [3.05, 3.63) is 23.9 Å². The molecule has 0 spiro atoms. The van der Waals surface area contributed by atoms with Crippen LogP contribution in [0.4, 0.5) is 0 Å². The Morgan fingerprint density at radius 2 is 2.12 bits per heavy atom. The number of pyridine rings is 1. The molecule has 3 nitrogen and oxygen atoms in total. The molecule has 3 heteroatoms. The van der Waals surface area contributed by atoms with Crippen molar-refractivity contribution in [3.8, 4) is 5.88 Å². The first-order chi connectivity index (χ1) is 8.13. The van der Waals surface area contributed by atoms with Gasteiger partial charge in [-0.3, -0.25) is 0 Å². The number of rotatable bonds is 7. The molecule has 0 aliphatic carbocycles. The van der Waals surface area contributed by atoms with Gasteiger partial charge in [0.25, 0.3) is 0 Å². The van der Waals surface area contributed by atoms with Crippen LogP contribution in [0, 0.1) is 5.92 Å². The molecule has 0 amide bonds. The smallest absolute Gasteiger partial charge is 0.218 e. The number of hydrogen-bond donors (Lipinski definition) is 1. The first-order valence-electron chi connectivity index (χ1n) is 6.44. The fourth-order valence-corrected chi connectivity index (χ4v) is 1.43. The summed E-state index contributed by atoms with van der Waals surface area (Å²) in [6, 6.07) is 4.02. The third-order valence-corrected chi connectivity index (χ3v) is 2.61. The summed E-state index contributed by atoms with van der Waals surface area (Å²) >= 11 is 0. The molecule has 1 unspecified atom stereocenters. The van der Waals surface area contributed by atoms with Crippen molar-refractivity contribution in [1.82, 2.24) is 10.3 Å². The van der Waals surface area contributed by atoms with E-state index in [9.17, 15) is 0 Å². The molecule has 0 saturated carbocycles. The summed E-state index contributed by atoms with van der Waals surface area (Å²) < 4.78 is 5.80. The predicted octanol–water partition coefficient (Wildman–Crippen LogP) is 3.00. The van der Waals surface area contributed by atoms with Crippen LogP contribution in [0.2, 0.25) is 0 Å². The van der Waals surface area contributed by atoms with Crippen molar-refractivity contribution in [2.24, 2.45) is 5.92 Å². The number of nitrogens with zero attached hydrogens (tertiary/aromatic N) is 1. The molecule has 17 heavy (non-hydrogen) atoms. The Morgan fingerprint density at radius 1 is 1.35 bits per heavy atom. The van der Waals surface area contributed by atoms with Crippen LogP contribution in [0.5, 0.6) is 5.88 Å². The third-order valence-electron chi connectivity index (χ3n) is 2.61. The van der Waals surface area contributed by atoms with E-state index in [4.69, 9.17) is 4.74 Å². The Bertz CT molecular complexity index is 326. The normalized spacial score (nSPS) is 12.8. The first kappa shape index (κ1) is 14.0. The van der Waals surface area contributed by atoms with Crippen LogP contribution in [0.25, 0.3) is 0 Å². The summed E-state index contributed by atoms with van der Waals surface area (Å²) in [7, 11) is 0. The van der Waals surface area contributed by atoms with Crippen molar-refractivity contribution in [1.29, 1.82) is 0 Å². The van der Waals surface area contributed by atoms with Crippen LogP contribution in [0.3, 0.4) is 0 Å². The highest BCUT2D eigenvalue weighted by molar-refractivity contribution is 5.25. The molecule has 1 rings (SSSR count). The molecule has 0 bridgehead atoms. The number of aromatic nitrogens is 1. The maximum atomic E-state index is 5.80. The Labute approximate surface area is 105 Å². The topological polar surface area (TPSA) is 34.1 Å². The standard InChI is InChI=1S/C14H24N2O/c1-5-12(4)17-14-13(7-6-8-16-14)10-15-9-11(2)3/h6-8,11-12,15H,5,9-10H2,1-4H3. The van der Waals surface area contributed by atoms with Gasteiger partial charge in [-0.25, -0.2) is 4.98 Å². The zero-order chi connectivity index (χ0) is 12.7. The summed E-state index contributed by atoms with van der Waals surface area (Å²) in [5.74, 6) is 1.42. The fraction of sp³-hybridized carbons (Fsp3) is 0.643. The third kappa shape index (κ3) is 5.18. The highest BCUT2D eigenvalue weighted by atomic mass is 16.5. The summed E-state index contributed by atoms with van der Waals surface area (Å²) in [5, 5.41) is 3.41. The zero-order valence-corrected chi connectivity index (χ0v) is 11.4. The van der Waals surface area contributed by atoms with Gasteiger partial charge >= 0.3 is 0 Å². The van der Waals surface area contributed by atoms with E-state index in [1.807, 2.05) is 6.07 Å². The van der Waals surface area contributed by atoms with Gasteiger partial charge in [0, 0.05) is 18.3 Å². The highest BCUT2D eigenvalue weighted by Crippen LogP contribution is 2.16. The minimum Gasteiger partial charge on any atom is -0.474 e. The number of nitrogens with one attached hydrogen (secondary N) is 1. The summed E-state index contributed by atoms with van der Waals surface area (Å²) in [6.45, 7) is 10.4. The molecular weight excluding hydrogens is 212 g/mol. The SMILES string of the molecule is CCC(C)Oc1ncccc1CNCC(C)C. The van der Waals surface area contributed by atoms with Gasteiger partial charge < -0.3 is 10.1 Å². The number of ether oxygens (including phenoxy) is 1. The second-order valence-electron chi connectivity index (χ2n) is 4.83. The maximum Gasteiger partial charge on any atom is 0.218 e. The van der Waals surface area contributed by atoms with E-state index in [1.165, 1.54) is 0 Å². The predicted molar refractivity (Wildman–Crippen MR) is 71.2 cm³/mol. The second-order valence-corrected chi connectivity index (χ2v) is 4.83. The van der Waals surface area contributed by atoms with Crippen molar-refractivity contribution >= 4 is 0 Å². The molecule has 1 aromatic rings. The fourth-order valence-electron chi connectivity index (χ4n) is 1.43. The van der Waals surface area contributed by atoms with E-state index in [-0.39, 0.29) is 6.10 Å². The summed E-state index contributed by atoms with van der Waals surface area (Å²) in [4.78, 5) is 4.30. The van der Waals surface area contributed by atoms with E-state index in [0.717, 1.165) is 31.0 Å². The minimum absolute atomic E-state index is 0.216. The van der Waals surface area contributed by atoms with Crippen LogP contribution < -0.4 is 10.1 Å². The van der Waals surface area contributed by atoms with Gasteiger partial charge in [-0.05, 0) is 31.9 Å². The monoisotopic (exact) mass is 236 g/mol. The molecule has 0 fully saturated rings. The molecule has 1 atom stereocenters. The van der Waals surface area contributed by atoms with E-state index < -0.39 is 0 Å². The van der Waals surface area contributed by atoms with Gasteiger partial charge in [0.1, 0.15) is 0 Å². The van der Waals surface area contributed by atoms with Crippen LogP contribution in [-0.2, 0) is 6.54 Å². The van der Waals surface area contributed by atoms with Gasteiger partial charge in [-0.1, -0.05) is 26.8 Å². The Kier molecular flexibility index (Phi) is 5.98. The molecule has 0 aliphatic rings. The van der Waals surface area contributed by atoms with E-state index in [1.54, 1.807) is 6.20 Å². The van der Waals surface area contributed by atoms with Crippen molar-refractivity contribution in [3.63, 3.8) is 0 Å². The lowest BCUT2D eigenvalue weighted by atomic mass is 10.2. The molecule has 0 aliphatic heterocycles. The molecule has 1 N–H and O–H groups in total. The molecule has 96 valence electrons. The lowest BCUT2D eigenvalue weighted by molar-refractivity contribution is 0.206. The second kappa shape index (κ2) is 7.28. The van der Waals surface area contributed by atoms with Crippen LogP contribution in [0.15, 0.2) is 18.3 Å². The molecular formula is C14H24N2O. The average molecular weight is 236 g/mol. The molecule has 1 aromatic heterocycles. The molecule has 0 saturated heterocycles. The number of hydrogen-bond acceptors (Lipinski definition) is 3.